The number of hydrogen-bond donors (Lipinski definition) is 1. The maximum atomic E-state index is 12.1. The third-order valence-corrected chi connectivity index (χ3v) is 3.62. The molecule has 0 saturated heterocycles. The molecule has 0 unspecified atom stereocenters. The minimum atomic E-state index is -0.349. The molecule has 1 aromatic heterocycles. The highest BCUT2D eigenvalue weighted by Crippen LogP contribution is 2.22. The molecule has 0 fully saturated rings. The molecule has 4 nitrogen and oxygen atoms in total. The van der Waals surface area contributed by atoms with Crippen LogP contribution in [0.5, 0.6) is 0 Å². The van der Waals surface area contributed by atoms with Gasteiger partial charge in [-0.3, -0.25) is 4.79 Å². The molecule has 1 N–H and O–H groups in total. The number of aromatic nitrogens is 2. The molecule has 0 atom stereocenters. The van der Waals surface area contributed by atoms with E-state index in [0.29, 0.717) is 5.69 Å². The van der Waals surface area contributed by atoms with Crippen LogP contribution in [0.15, 0.2) is 60.7 Å². The molecule has 3 aromatic rings. The largest absolute Gasteiger partial charge is 0.312 e. The van der Waals surface area contributed by atoms with E-state index in [1.807, 2.05) is 79.2 Å². The van der Waals surface area contributed by atoms with Gasteiger partial charge in [0.05, 0.1) is 22.8 Å². The van der Waals surface area contributed by atoms with Crippen molar-refractivity contribution in [1.29, 1.82) is 0 Å². The number of hydrogen-bond acceptors (Lipinski definition) is 2. The van der Waals surface area contributed by atoms with Gasteiger partial charge in [-0.05, 0) is 38.1 Å². The zero-order valence-electron chi connectivity index (χ0n) is 13.6. The van der Waals surface area contributed by atoms with E-state index in [-0.39, 0.29) is 5.91 Å². The lowest BCUT2D eigenvalue weighted by Gasteiger charge is -2.05. The fourth-order valence-corrected chi connectivity index (χ4v) is 2.44. The first kappa shape index (κ1) is 15.6. The van der Waals surface area contributed by atoms with Gasteiger partial charge in [0.25, 0.3) is 0 Å². The molecule has 0 aliphatic carbocycles. The molecule has 0 aliphatic rings. The molecule has 1 heterocycles. The molecule has 2 aromatic carbocycles. The summed E-state index contributed by atoms with van der Waals surface area (Å²) in [5.41, 5.74) is 4.08. The number of benzene rings is 2. The number of anilines is 1. The quantitative estimate of drug-likeness (QED) is 0.736. The standard InChI is InChI=1S/C20H17N3O/c1-15-20(16(2)23(22-15)18-11-7-4-8-12-18)21-19(24)14-13-17-9-5-3-6-10-17/h3-12H,1-2H3,(H,21,24). The van der Waals surface area contributed by atoms with Gasteiger partial charge in [0.2, 0.25) is 0 Å². The molecule has 0 saturated carbocycles. The lowest BCUT2D eigenvalue weighted by molar-refractivity contribution is -0.111. The van der Waals surface area contributed by atoms with Crippen LogP contribution in [0.1, 0.15) is 17.0 Å². The zero-order valence-corrected chi connectivity index (χ0v) is 13.6. The minimum absolute atomic E-state index is 0.349. The van der Waals surface area contributed by atoms with Crippen molar-refractivity contribution in [2.75, 3.05) is 5.32 Å². The van der Waals surface area contributed by atoms with Crippen LogP contribution >= 0.6 is 0 Å². The van der Waals surface area contributed by atoms with Gasteiger partial charge < -0.3 is 5.32 Å². The molecule has 118 valence electrons. The number of aryl methyl sites for hydroxylation is 1. The van der Waals surface area contributed by atoms with Gasteiger partial charge in [0.1, 0.15) is 0 Å². The van der Waals surface area contributed by atoms with Gasteiger partial charge in [-0.2, -0.15) is 5.10 Å². The second kappa shape index (κ2) is 6.84. The van der Waals surface area contributed by atoms with Gasteiger partial charge in [0, 0.05) is 11.5 Å². The van der Waals surface area contributed by atoms with Crippen LogP contribution in [0.3, 0.4) is 0 Å². The Morgan fingerprint density at radius 2 is 1.62 bits per heavy atom. The average Bonchev–Trinajstić information content (AvgIpc) is 2.90. The monoisotopic (exact) mass is 315 g/mol. The van der Waals surface area contributed by atoms with Crippen molar-refractivity contribution in [2.24, 2.45) is 0 Å². The number of carbonyl (C=O) groups is 1. The predicted molar refractivity (Wildman–Crippen MR) is 95.0 cm³/mol. The Labute approximate surface area is 141 Å². The number of nitrogens with one attached hydrogen (secondary N) is 1. The normalized spacial score (nSPS) is 9.92. The van der Waals surface area contributed by atoms with Crippen molar-refractivity contribution in [2.45, 2.75) is 13.8 Å². The third-order valence-electron chi connectivity index (χ3n) is 3.62. The molecule has 0 bridgehead atoms. The third kappa shape index (κ3) is 3.36. The summed E-state index contributed by atoms with van der Waals surface area (Å²) in [6.07, 6.45) is 0. The van der Waals surface area contributed by atoms with Gasteiger partial charge in [-0.1, -0.05) is 42.3 Å². The maximum absolute atomic E-state index is 12.1. The van der Waals surface area contributed by atoms with Gasteiger partial charge in [-0.25, -0.2) is 4.68 Å². The second-order valence-corrected chi connectivity index (χ2v) is 5.36. The van der Waals surface area contributed by atoms with Crippen molar-refractivity contribution in [3.05, 3.63) is 77.6 Å². The van der Waals surface area contributed by atoms with Gasteiger partial charge in [0.15, 0.2) is 0 Å². The van der Waals surface area contributed by atoms with Gasteiger partial charge in [-0.15, -0.1) is 0 Å². The SMILES string of the molecule is Cc1nn(-c2ccccc2)c(C)c1NC(=O)C#Cc1ccccc1. The van der Waals surface area contributed by atoms with Crippen molar-refractivity contribution in [3.63, 3.8) is 0 Å². The fourth-order valence-electron chi connectivity index (χ4n) is 2.44. The average molecular weight is 315 g/mol. The zero-order chi connectivity index (χ0) is 16.9. The van der Waals surface area contributed by atoms with Crippen LogP contribution in [-0.2, 0) is 4.79 Å². The smallest absolute Gasteiger partial charge is 0.300 e. The summed E-state index contributed by atoms with van der Waals surface area (Å²) in [5.74, 6) is 5.12. The molecule has 1 amide bonds. The first-order valence-corrected chi connectivity index (χ1v) is 7.65. The van der Waals surface area contributed by atoms with Crippen molar-refractivity contribution in [3.8, 4) is 17.5 Å². The molecular formula is C20H17N3O. The first-order valence-electron chi connectivity index (χ1n) is 7.65. The number of para-hydroxylation sites is 1. The Morgan fingerprint density at radius 3 is 2.29 bits per heavy atom. The van der Waals surface area contributed by atoms with Crippen molar-refractivity contribution in [1.82, 2.24) is 9.78 Å². The molecule has 4 heteroatoms. The van der Waals surface area contributed by atoms with E-state index in [2.05, 4.69) is 22.3 Å². The summed E-state index contributed by atoms with van der Waals surface area (Å²) in [5, 5.41) is 7.35. The van der Waals surface area contributed by atoms with Crippen LogP contribution in [0, 0.1) is 25.7 Å². The highest BCUT2D eigenvalue weighted by atomic mass is 16.1. The lowest BCUT2D eigenvalue weighted by atomic mass is 10.2. The van der Waals surface area contributed by atoms with E-state index in [1.165, 1.54) is 0 Å². The van der Waals surface area contributed by atoms with Crippen LogP contribution in [-0.4, -0.2) is 15.7 Å². The Hall–Kier alpha value is -3.32. The molecule has 0 aliphatic heterocycles. The summed E-state index contributed by atoms with van der Waals surface area (Å²) in [7, 11) is 0. The Balaban J connectivity index is 1.82. The summed E-state index contributed by atoms with van der Waals surface area (Å²) >= 11 is 0. The van der Waals surface area contributed by atoms with Crippen molar-refractivity contribution < 1.29 is 4.79 Å². The fraction of sp³-hybridized carbons (Fsp3) is 0.100. The molecular weight excluding hydrogens is 298 g/mol. The first-order chi connectivity index (χ1) is 11.6. The highest BCUT2D eigenvalue weighted by Gasteiger charge is 2.14. The highest BCUT2D eigenvalue weighted by molar-refractivity contribution is 6.05. The number of amides is 1. The van der Waals surface area contributed by atoms with E-state index in [4.69, 9.17) is 0 Å². The van der Waals surface area contributed by atoms with Crippen LogP contribution < -0.4 is 5.32 Å². The van der Waals surface area contributed by atoms with Crippen molar-refractivity contribution >= 4 is 11.6 Å². The molecule has 0 spiro atoms. The molecule has 24 heavy (non-hydrogen) atoms. The maximum Gasteiger partial charge on any atom is 0.300 e. The minimum Gasteiger partial charge on any atom is -0.312 e. The van der Waals surface area contributed by atoms with E-state index in [1.54, 1.807) is 0 Å². The summed E-state index contributed by atoms with van der Waals surface area (Å²) < 4.78 is 1.82. The summed E-state index contributed by atoms with van der Waals surface area (Å²) in [4.78, 5) is 12.1. The summed E-state index contributed by atoms with van der Waals surface area (Å²) in [6.45, 7) is 3.79. The lowest BCUT2D eigenvalue weighted by Crippen LogP contribution is -2.10. The van der Waals surface area contributed by atoms with E-state index in [9.17, 15) is 4.79 Å². The number of carbonyl (C=O) groups excluding carboxylic acids is 1. The number of rotatable bonds is 2. The van der Waals surface area contributed by atoms with Crippen LogP contribution in [0.4, 0.5) is 5.69 Å². The second-order valence-electron chi connectivity index (χ2n) is 5.36. The topological polar surface area (TPSA) is 46.9 Å². The van der Waals surface area contributed by atoms with Gasteiger partial charge >= 0.3 is 5.91 Å². The molecule has 3 rings (SSSR count). The van der Waals surface area contributed by atoms with E-state index < -0.39 is 0 Å². The Morgan fingerprint density at radius 1 is 1.00 bits per heavy atom. The Kier molecular flexibility index (Phi) is 4.44. The van der Waals surface area contributed by atoms with E-state index >= 15 is 0 Å². The van der Waals surface area contributed by atoms with Crippen LogP contribution in [0.25, 0.3) is 5.69 Å². The van der Waals surface area contributed by atoms with Crippen LogP contribution in [0.2, 0.25) is 0 Å². The molecule has 0 radical (unpaired) electrons. The predicted octanol–water partition coefficient (Wildman–Crippen LogP) is 3.48. The van der Waals surface area contributed by atoms with E-state index in [0.717, 1.165) is 22.6 Å². The Bertz CT molecular complexity index is 916. The summed E-state index contributed by atoms with van der Waals surface area (Å²) in [6, 6.07) is 19.2. The number of nitrogens with zero attached hydrogens (tertiary/aromatic N) is 2.